The van der Waals surface area contributed by atoms with Crippen LogP contribution in [0.25, 0.3) is 0 Å². The van der Waals surface area contributed by atoms with Gasteiger partial charge in [-0.15, -0.1) is 11.8 Å². The average molecular weight is 289 g/mol. The number of carboxylic acids is 1. The van der Waals surface area contributed by atoms with E-state index < -0.39 is 36.1 Å². The Kier molecular flexibility index (Phi) is 7.76. The van der Waals surface area contributed by atoms with Crippen molar-refractivity contribution >= 4 is 23.6 Å². The van der Waals surface area contributed by atoms with Crippen molar-refractivity contribution in [1.29, 1.82) is 0 Å². The number of methoxy groups -OCH3 is 1. The van der Waals surface area contributed by atoms with Gasteiger partial charge in [0.2, 0.25) is 5.91 Å². The van der Waals surface area contributed by atoms with Crippen LogP contribution in [0.3, 0.4) is 0 Å². The third-order valence-corrected chi connectivity index (χ3v) is 2.72. The van der Waals surface area contributed by atoms with Crippen LogP contribution in [-0.4, -0.2) is 66.4 Å². The van der Waals surface area contributed by atoms with Gasteiger partial charge in [-0.05, 0) is 0 Å². The average Bonchev–Trinajstić information content (AvgIpc) is 2.21. The first-order valence-corrected chi connectivity index (χ1v) is 6.04. The Hall–Kier alpha value is -0.960. The highest BCUT2D eigenvalue weighted by molar-refractivity contribution is 8.00. The van der Waals surface area contributed by atoms with Crippen LogP contribution < -0.4 is 0 Å². The molecule has 18 heavy (non-hydrogen) atoms. The number of nitrogens with zero attached hydrogens (tertiary/aromatic N) is 1. The minimum Gasteiger partial charge on any atom is -0.480 e. The van der Waals surface area contributed by atoms with Crippen LogP contribution in [0.2, 0.25) is 0 Å². The number of rotatable bonds is 8. The smallest absolute Gasteiger partial charge is 0.397 e. The standard InChI is InChI=1S/C9H14F3NO4S/c1-17-3-2-13(4-8(15)16)7(14)5-18-6-9(10,11)12/h2-6H2,1H3,(H,15,16). The summed E-state index contributed by atoms with van der Waals surface area (Å²) >= 11 is 0.407. The summed E-state index contributed by atoms with van der Waals surface area (Å²) in [6, 6.07) is 0. The fraction of sp³-hybridized carbons (Fsp3) is 0.778. The van der Waals surface area contributed by atoms with Gasteiger partial charge in [-0.2, -0.15) is 13.2 Å². The maximum atomic E-state index is 11.9. The van der Waals surface area contributed by atoms with E-state index in [-0.39, 0.29) is 13.2 Å². The minimum atomic E-state index is -4.34. The third kappa shape index (κ3) is 9.11. The summed E-state index contributed by atoms with van der Waals surface area (Å²) in [4.78, 5) is 22.9. The molecule has 0 spiro atoms. The lowest BCUT2D eigenvalue weighted by molar-refractivity contribution is -0.143. The molecule has 0 aromatic carbocycles. The van der Waals surface area contributed by atoms with Crippen LogP contribution in [0, 0.1) is 0 Å². The lowest BCUT2D eigenvalue weighted by Gasteiger charge is -2.20. The highest BCUT2D eigenvalue weighted by atomic mass is 32.2. The normalized spacial score (nSPS) is 11.3. The summed E-state index contributed by atoms with van der Waals surface area (Å²) < 4.78 is 40.3. The first-order valence-electron chi connectivity index (χ1n) is 4.89. The number of hydrogen-bond donors (Lipinski definition) is 1. The summed E-state index contributed by atoms with van der Waals surface area (Å²) in [5.74, 6) is -3.41. The van der Waals surface area contributed by atoms with Crippen molar-refractivity contribution in [1.82, 2.24) is 4.90 Å². The Morgan fingerprint density at radius 3 is 2.44 bits per heavy atom. The van der Waals surface area contributed by atoms with Gasteiger partial charge in [-0.25, -0.2) is 0 Å². The van der Waals surface area contributed by atoms with E-state index in [4.69, 9.17) is 5.11 Å². The summed E-state index contributed by atoms with van der Waals surface area (Å²) in [7, 11) is 1.38. The Morgan fingerprint density at radius 1 is 1.39 bits per heavy atom. The van der Waals surface area contributed by atoms with Crippen LogP contribution in [0.1, 0.15) is 0 Å². The van der Waals surface area contributed by atoms with E-state index in [2.05, 4.69) is 4.74 Å². The number of halogens is 3. The predicted octanol–water partition coefficient (Wildman–Crippen LogP) is 0.841. The SMILES string of the molecule is COCCN(CC(=O)O)C(=O)CSCC(F)(F)F. The fourth-order valence-electron chi connectivity index (χ4n) is 1.00. The lowest BCUT2D eigenvalue weighted by Crippen LogP contribution is -2.39. The zero-order valence-corrected chi connectivity index (χ0v) is 10.5. The minimum absolute atomic E-state index is 0.0359. The van der Waals surface area contributed by atoms with Crippen molar-refractivity contribution in [3.05, 3.63) is 0 Å². The number of thioether (sulfide) groups is 1. The first-order chi connectivity index (χ1) is 8.26. The molecule has 0 rings (SSSR count). The van der Waals surface area contributed by atoms with Crippen molar-refractivity contribution in [3.63, 3.8) is 0 Å². The van der Waals surface area contributed by atoms with Crippen LogP contribution >= 0.6 is 11.8 Å². The van der Waals surface area contributed by atoms with Gasteiger partial charge in [0, 0.05) is 13.7 Å². The topological polar surface area (TPSA) is 66.8 Å². The van der Waals surface area contributed by atoms with Gasteiger partial charge in [-0.3, -0.25) is 9.59 Å². The molecule has 0 radical (unpaired) electrons. The van der Waals surface area contributed by atoms with Gasteiger partial charge in [0.1, 0.15) is 6.54 Å². The number of alkyl halides is 3. The molecule has 1 amide bonds. The summed E-state index contributed by atoms with van der Waals surface area (Å²) in [5, 5.41) is 8.57. The summed E-state index contributed by atoms with van der Waals surface area (Å²) in [6.07, 6.45) is -4.34. The Bertz CT molecular complexity index is 285. The van der Waals surface area contributed by atoms with Gasteiger partial charge in [0.05, 0.1) is 18.1 Å². The second kappa shape index (κ2) is 8.20. The van der Waals surface area contributed by atoms with Crippen molar-refractivity contribution in [2.45, 2.75) is 6.18 Å². The molecular formula is C9H14F3NO4S. The van der Waals surface area contributed by atoms with E-state index in [1.54, 1.807) is 0 Å². The van der Waals surface area contributed by atoms with Crippen molar-refractivity contribution in [3.8, 4) is 0 Å². The second-order valence-corrected chi connectivity index (χ2v) is 4.30. The molecule has 1 N–H and O–H groups in total. The first kappa shape index (κ1) is 17.0. The molecule has 106 valence electrons. The van der Waals surface area contributed by atoms with E-state index >= 15 is 0 Å². The maximum Gasteiger partial charge on any atom is 0.397 e. The molecule has 0 atom stereocenters. The number of carboxylic acid groups (broad SMARTS) is 1. The molecule has 0 aromatic heterocycles. The quantitative estimate of drug-likeness (QED) is 0.717. The van der Waals surface area contributed by atoms with Crippen molar-refractivity contribution < 1.29 is 32.6 Å². The van der Waals surface area contributed by atoms with E-state index in [1.165, 1.54) is 7.11 Å². The molecule has 0 fully saturated rings. The molecule has 0 aliphatic heterocycles. The number of hydrogen-bond acceptors (Lipinski definition) is 4. The van der Waals surface area contributed by atoms with Gasteiger partial charge in [0.15, 0.2) is 0 Å². The van der Waals surface area contributed by atoms with E-state index in [0.29, 0.717) is 11.8 Å². The second-order valence-electron chi connectivity index (χ2n) is 3.31. The van der Waals surface area contributed by atoms with E-state index in [1.807, 2.05) is 0 Å². The number of carbonyl (C=O) groups is 2. The van der Waals surface area contributed by atoms with Crippen LogP contribution in [0.5, 0.6) is 0 Å². The third-order valence-electron chi connectivity index (χ3n) is 1.74. The molecule has 0 heterocycles. The zero-order chi connectivity index (χ0) is 14.2. The molecular weight excluding hydrogens is 275 g/mol. The predicted molar refractivity (Wildman–Crippen MR) is 59.5 cm³/mol. The van der Waals surface area contributed by atoms with Gasteiger partial charge in [0.25, 0.3) is 0 Å². The van der Waals surface area contributed by atoms with Crippen molar-refractivity contribution in [2.75, 3.05) is 38.3 Å². The molecule has 0 aliphatic rings. The monoisotopic (exact) mass is 289 g/mol. The zero-order valence-electron chi connectivity index (χ0n) is 9.70. The molecule has 9 heteroatoms. The molecule has 0 unspecified atom stereocenters. The molecule has 0 bridgehead atoms. The molecule has 5 nitrogen and oxygen atoms in total. The molecule has 0 aromatic rings. The summed E-state index contributed by atoms with van der Waals surface area (Å²) in [5.41, 5.74) is 0. The Balaban J connectivity index is 4.15. The molecule has 0 saturated carbocycles. The fourth-order valence-corrected chi connectivity index (χ4v) is 1.69. The van der Waals surface area contributed by atoms with Crippen molar-refractivity contribution in [2.24, 2.45) is 0 Å². The Morgan fingerprint density at radius 2 is 2.00 bits per heavy atom. The number of carbonyl (C=O) groups excluding carboxylic acids is 1. The highest BCUT2D eigenvalue weighted by Crippen LogP contribution is 2.21. The number of ether oxygens (including phenoxy) is 1. The highest BCUT2D eigenvalue weighted by Gasteiger charge is 2.28. The number of aliphatic carboxylic acids is 1. The molecule has 0 saturated heterocycles. The van der Waals surface area contributed by atoms with E-state index in [0.717, 1.165) is 4.90 Å². The number of amides is 1. The lowest BCUT2D eigenvalue weighted by atomic mass is 10.4. The molecule has 0 aliphatic carbocycles. The van der Waals surface area contributed by atoms with Gasteiger partial charge in [-0.1, -0.05) is 0 Å². The van der Waals surface area contributed by atoms with Gasteiger partial charge >= 0.3 is 12.1 Å². The van der Waals surface area contributed by atoms with Crippen LogP contribution in [0.15, 0.2) is 0 Å². The van der Waals surface area contributed by atoms with E-state index in [9.17, 15) is 22.8 Å². The van der Waals surface area contributed by atoms with Gasteiger partial charge < -0.3 is 14.7 Å². The largest absolute Gasteiger partial charge is 0.480 e. The van der Waals surface area contributed by atoms with Crippen LogP contribution in [-0.2, 0) is 14.3 Å². The van der Waals surface area contributed by atoms with Crippen LogP contribution in [0.4, 0.5) is 13.2 Å². The Labute approximate surface area is 106 Å². The summed E-state index contributed by atoms with van der Waals surface area (Å²) in [6.45, 7) is -0.383. The maximum absolute atomic E-state index is 11.9.